The second-order valence-corrected chi connectivity index (χ2v) is 19.0. The van der Waals surface area contributed by atoms with Gasteiger partial charge in [-0.15, -0.1) is 16.4 Å². The van der Waals surface area contributed by atoms with Gasteiger partial charge in [0.05, 0.1) is 5.56 Å². The predicted octanol–water partition coefficient (Wildman–Crippen LogP) is -5.08. The van der Waals surface area contributed by atoms with E-state index in [1.807, 2.05) is 18.2 Å². The summed E-state index contributed by atoms with van der Waals surface area (Å²) in [4.78, 5) is 16.1. The number of aromatic nitrogens is 3. The normalized spacial score (nSPS) is 11.6. The Morgan fingerprint density at radius 1 is 0.294 bits per heavy atom. The maximum atomic E-state index is 7.14. The standard InChI is InChI=1S/C53H44B11N3O/c54-39-33(34-41(56)43(58)35(44(59)42(34)57)36-45(60)47(62)49(64)48(63)46(36)61)40(55)38(50-37(39)32-30-16-7-6-10-24(30)19-20-31(32)68-50)53-66-51(25-11-2-1-3-12-25)65-52(67-53)29-15-8-14-27(22-29)28-18-17-23-9-4-5-13-26(23)21-28/h1-22H,54-64H2. The highest BCUT2D eigenvalue weighted by Gasteiger charge is 2.29. The van der Waals surface area contributed by atoms with E-state index in [1.165, 1.54) is 93.0 Å². The van der Waals surface area contributed by atoms with Gasteiger partial charge in [-0.3, -0.25) is 0 Å². The van der Waals surface area contributed by atoms with Gasteiger partial charge >= 0.3 is 0 Å². The molecule has 11 aromatic rings. The molecule has 9 aromatic carbocycles. The molecule has 11 rings (SSSR count). The first-order chi connectivity index (χ1) is 32.8. The molecule has 0 aliphatic heterocycles. The number of hydrogen-bond acceptors (Lipinski definition) is 4. The van der Waals surface area contributed by atoms with Crippen molar-refractivity contribution in [3.05, 3.63) is 133 Å². The number of rotatable bonds is 6. The molecular formula is C53H44B11N3O. The maximum Gasteiger partial charge on any atom is 0.167 e. The van der Waals surface area contributed by atoms with E-state index in [2.05, 4.69) is 202 Å². The summed E-state index contributed by atoms with van der Waals surface area (Å²) in [5.74, 6) is 1.79. The zero-order chi connectivity index (χ0) is 47.3. The molecule has 0 atom stereocenters. The molecule has 0 aliphatic rings. The molecule has 2 heterocycles. The number of benzene rings is 9. The van der Waals surface area contributed by atoms with E-state index in [9.17, 15) is 0 Å². The lowest BCUT2D eigenvalue weighted by Gasteiger charge is -2.29. The van der Waals surface area contributed by atoms with E-state index >= 15 is 0 Å². The smallest absolute Gasteiger partial charge is 0.167 e. The minimum Gasteiger partial charge on any atom is -0.455 e. The lowest BCUT2D eigenvalue weighted by Crippen LogP contribution is -2.57. The van der Waals surface area contributed by atoms with E-state index in [1.54, 1.807) is 0 Å². The van der Waals surface area contributed by atoms with Crippen LogP contribution in [0, 0.1) is 0 Å². The third-order valence-corrected chi connectivity index (χ3v) is 15.5. The molecule has 0 saturated carbocycles. The Hall–Kier alpha value is -6.98. The highest BCUT2D eigenvalue weighted by atomic mass is 16.3. The quantitative estimate of drug-likeness (QED) is 0.158. The Bertz CT molecular complexity index is 3890. The van der Waals surface area contributed by atoms with E-state index in [0.29, 0.717) is 17.5 Å². The third kappa shape index (κ3) is 6.79. The third-order valence-electron chi connectivity index (χ3n) is 15.5. The van der Waals surface area contributed by atoms with Crippen molar-refractivity contribution in [3.63, 3.8) is 0 Å². The Morgan fingerprint density at radius 3 is 1.43 bits per heavy atom. The van der Waals surface area contributed by atoms with Gasteiger partial charge in [0, 0.05) is 21.9 Å². The van der Waals surface area contributed by atoms with Crippen LogP contribution in [-0.2, 0) is 0 Å². The second-order valence-electron chi connectivity index (χ2n) is 19.0. The lowest BCUT2D eigenvalue weighted by molar-refractivity contribution is 0.670. The molecule has 0 N–H and O–H groups in total. The molecule has 0 unspecified atom stereocenters. The fraction of sp³-hybridized carbons (Fsp3) is 0. The van der Waals surface area contributed by atoms with Crippen LogP contribution in [0.5, 0.6) is 0 Å². The van der Waals surface area contributed by atoms with E-state index < -0.39 is 0 Å². The molecule has 310 valence electrons. The SMILES string of the molecule is Bc1c(B)c(B)c(-c2c(B)c(B)c(-c3c(B)c(-c4nc(-c5ccccc5)nc(-c5cccc(-c6ccc7ccccc7c6)c5)n4)c4oc5ccc6ccccc6c5c4c3B)c(B)c2B)c(B)c1B. The molecule has 15 heteroatoms. The zero-order valence-electron chi connectivity index (χ0n) is 41.0. The van der Waals surface area contributed by atoms with Gasteiger partial charge in [0.2, 0.25) is 0 Å². The monoisotopic (exact) mass is 859 g/mol. The van der Waals surface area contributed by atoms with Crippen molar-refractivity contribution in [1.29, 1.82) is 0 Å². The Kier molecular flexibility index (Phi) is 10.7. The molecule has 2 aromatic heterocycles. The van der Waals surface area contributed by atoms with Crippen LogP contribution in [0.4, 0.5) is 0 Å². The minimum atomic E-state index is 0.578. The van der Waals surface area contributed by atoms with E-state index in [-0.39, 0.29) is 0 Å². The Morgan fingerprint density at radius 2 is 0.765 bits per heavy atom. The van der Waals surface area contributed by atoms with Crippen LogP contribution in [0.2, 0.25) is 0 Å². The summed E-state index contributed by atoms with van der Waals surface area (Å²) < 4.78 is 7.14. The second kappa shape index (κ2) is 16.7. The summed E-state index contributed by atoms with van der Waals surface area (Å²) in [5.41, 5.74) is 26.0. The van der Waals surface area contributed by atoms with Gasteiger partial charge < -0.3 is 4.42 Å². The van der Waals surface area contributed by atoms with Crippen molar-refractivity contribution in [2.45, 2.75) is 0 Å². The van der Waals surface area contributed by atoms with Crippen LogP contribution < -0.4 is 60.1 Å². The Labute approximate surface area is 408 Å². The fourth-order valence-electron chi connectivity index (χ4n) is 11.2. The summed E-state index contributed by atoms with van der Waals surface area (Å²) in [6.45, 7) is 0. The Balaban J connectivity index is 1.22. The molecule has 4 nitrogen and oxygen atoms in total. The molecule has 0 amide bonds. The topological polar surface area (TPSA) is 51.8 Å². The van der Waals surface area contributed by atoms with Crippen LogP contribution in [0.15, 0.2) is 138 Å². The molecule has 0 saturated heterocycles. The highest BCUT2D eigenvalue weighted by Crippen LogP contribution is 2.39. The van der Waals surface area contributed by atoms with Crippen molar-refractivity contribution in [1.82, 2.24) is 15.0 Å². The van der Waals surface area contributed by atoms with Gasteiger partial charge in [-0.25, -0.2) is 15.0 Å². The average Bonchev–Trinajstić information content (AvgIpc) is 3.76. The van der Waals surface area contributed by atoms with Crippen LogP contribution in [-0.4, -0.2) is 101 Å². The summed E-state index contributed by atoms with van der Waals surface area (Å²) >= 11 is 0. The minimum absolute atomic E-state index is 0.578. The van der Waals surface area contributed by atoms with Crippen LogP contribution in [0.25, 0.3) is 111 Å². The molecule has 0 spiro atoms. The molecule has 0 aliphatic carbocycles. The lowest BCUT2D eigenvalue weighted by atomic mass is 9.55. The summed E-state index contributed by atoms with van der Waals surface area (Å²) in [5, 5.41) is 6.94. The molecule has 0 radical (unpaired) electrons. The first-order valence-electron chi connectivity index (χ1n) is 23.8. The number of hydrogen-bond donors (Lipinski definition) is 0. The first-order valence-corrected chi connectivity index (χ1v) is 23.8. The molecular weight excluding hydrogens is 814 g/mol. The van der Waals surface area contributed by atoms with Gasteiger partial charge in [-0.2, -0.15) is 0 Å². The van der Waals surface area contributed by atoms with Gasteiger partial charge in [0.25, 0.3) is 0 Å². The summed E-state index contributed by atoms with van der Waals surface area (Å²) in [7, 11) is 25.2. The van der Waals surface area contributed by atoms with Crippen molar-refractivity contribution >= 4 is 190 Å². The van der Waals surface area contributed by atoms with Gasteiger partial charge in [0.1, 0.15) is 97.5 Å². The zero-order valence-corrected chi connectivity index (χ0v) is 41.0. The largest absolute Gasteiger partial charge is 0.455 e. The fourth-order valence-corrected chi connectivity index (χ4v) is 11.2. The van der Waals surface area contributed by atoms with E-state index in [4.69, 9.17) is 19.4 Å². The average molecular weight is 858 g/mol. The van der Waals surface area contributed by atoms with E-state index in [0.717, 1.165) is 60.6 Å². The highest BCUT2D eigenvalue weighted by molar-refractivity contribution is 6.71. The number of furan rings is 1. The van der Waals surface area contributed by atoms with Crippen molar-refractivity contribution in [3.8, 4) is 67.5 Å². The van der Waals surface area contributed by atoms with Crippen molar-refractivity contribution in [2.24, 2.45) is 0 Å². The van der Waals surface area contributed by atoms with Gasteiger partial charge in [0.15, 0.2) is 17.5 Å². The number of nitrogens with zero attached hydrogens (tertiary/aromatic N) is 3. The van der Waals surface area contributed by atoms with Crippen LogP contribution in [0.1, 0.15) is 0 Å². The first kappa shape index (κ1) is 43.6. The molecule has 0 bridgehead atoms. The molecule has 68 heavy (non-hydrogen) atoms. The van der Waals surface area contributed by atoms with Crippen molar-refractivity contribution < 1.29 is 4.42 Å². The van der Waals surface area contributed by atoms with Crippen LogP contribution >= 0.6 is 0 Å². The maximum absolute atomic E-state index is 7.14. The number of fused-ring (bicyclic) bond motifs is 6. The summed E-state index contributed by atoms with van der Waals surface area (Å²) in [6, 6.07) is 46.9. The van der Waals surface area contributed by atoms with Crippen molar-refractivity contribution in [2.75, 3.05) is 0 Å². The molecule has 0 fully saturated rings. The predicted molar refractivity (Wildman–Crippen MR) is 325 cm³/mol. The van der Waals surface area contributed by atoms with Crippen LogP contribution in [0.3, 0.4) is 0 Å². The van der Waals surface area contributed by atoms with Gasteiger partial charge in [-0.05, 0) is 73.1 Å². The summed E-state index contributed by atoms with van der Waals surface area (Å²) in [6.07, 6.45) is 0. The van der Waals surface area contributed by atoms with Gasteiger partial charge in [-0.1, -0.05) is 159 Å².